The Morgan fingerprint density at radius 1 is 1.32 bits per heavy atom. The fourth-order valence-electron chi connectivity index (χ4n) is 1.29. The molecule has 19 heavy (non-hydrogen) atoms. The lowest BCUT2D eigenvalue weighted by molar-refractivity contribution is -0.118. The predicted molar refractivity (Wildman–Crippen MR) is 73.6 cm³/mol. The van der Waals surface area contributed by atoms with Gasteiger partial charge in [0.2, 0.25) is 11.8 Å². The Bertz CT molecular complexity index is 480. The zero-order chi connectivity index (χ0) is 13.9. The molecule has 0 aliphatic carbocycles. The zero-order valence-corrected chi connectivity index (χ0v) is 11.5. The molecule has 5 N–H and O–H groups in total. The van der Waals surface area contributed by atoms with Crippen molar-refractivity contribution in [3.05, 3.63) is 29.6 Å². The normalized spacial score (nSPS) is 11.6. The highest BCUT2D eigenvalue weighted by molar-refractivity contribution is 5.98. The van der Waals surface area contributed by atoms with E-state index in [-0.39, 0.29) is 29.6 Å². The van der Waals surface area contributed by atoms with Crippen LogP contribution in [0.1, 0.15) is 24.2 Å². The van der Waals surface area contributed by atoms with Gasteiger partial charge in [-0.2, -0.15) is 0 Å². The second-order valence-electron chi connectivity index (χ2n) is 4.32. The van der Waals surface area contributed by atoms with Gasteiger partial charge in [0.05, 0.1) is 11.7 Å². The van der Waals surface area contributed by atoms with E-state index >= 15 is 0 Å². The first-order chi connectivity index (χ1) is 8.32. The van der Waals surface area contributed by atoms with Crippen LogP contribution < -0.4 is 16.8 Å². The number of carbonyl (C=O) groups excluding carboxylic acids is 2. The smallest absolute Gasteiger partial charge is 0.248 e. The molecule has 0 heterocycles. The van der Waals surface area contributed by atoms with E-state index in [9.17, 15) is 14.0 Å². The highest BCUT2D eigenvalue weighted by Crippen LogP contribution is 2.16. The van der Waals surface area contributed by atoms with Crippen LogP contribution in [0.3, 0.4) is 0 Å². The van der Waals surface area contributed by atoms with Crippen LogP contribution in [0.4, 0.5) is 10.1 Å². The lowest BCUT2D eigenvalue weighted by atomic mass is 10.0. The Balaban J connectivity index is 0.00000324. The Kier molecular flexibility index (Phi) is 6.44. The van der Waals surface area contributed by atoms with Gasteiger partial charge >= 0.3 is 0 Å². The van der Waals surface area contributed by atoms with Crippen molar-refractivity contribution in [2.24, 2.45) is 17.4 Å². The third-order valence-electron chi connectivity index (χ3n) is 2.53. The van der Waals surface area contributed by atoms with E-state index in [2.05, 4.69) is 5.32 Å². The van der Waals surface area contributed by atoms with Crippen molar-refractivity contribution in [2.75, 3.05) is 5.32 Å². The van der Waals surface area contributed by atoms with Crippen molar-refractivity contribution >= 4 is 29.9 Å². The van der Waals surface area contributed by atoms with Crippen molar-refractivity contribution in [3.8, 4) is 0 Å². The number of anilines is 1. The Labute approximate surface area is 116 Å². The molecule has 0 saturated heterocycles. The monoisotopic (exact) mass is 289 g/mol. The molecule has 0 aliphatic heterocycles. The second kappa shape index (κ2) is 7.06. The standard InChI is InChI=1S/C12H16FN3O2.ClH/c1-6(2)10(14)12(18)16-9-5-7(11(15)17)3-4-8(9)13;/h3-6,10H,14H2,1-2H3,(H2,15,17)(H,16,18);1H. The molecule has 106 valence electrons. The fourth-order valence-corrected chi connectivity index (χ4v) is 1.29. The molecule has 0 saturated carbocycles. The molecular weight excluding hydrogens is 273 g/mol. The Morgan fingerprint density at radius 2 is 1.89 bits per heavy atom. The summed E-state index contributed by atoms with van der Waals surface area (Å²) in [4.78, 5) is 22.6. The SMILES string of the molecule is CC(C)C(N)C(=O)Nc1cc(C(N)=O)ccc1F.Cl. The average molecular weight is 290 g/mol. The van der Waals surface area contributed by atoms with Gasteiger partial charge in [-0.05, 0) is 24.1 Å². The molecule has 2 amide bonds. The first-order valence-corrected chi connectivity index (χ1v) is 5.48. The topological polar surface area (TPSA) is 98.2 Å². The first-order valence-electron chi connectivity index (χ1n) is 5.48. The van der Waals surface area contributed by atoms with E-state index in [4.69, 9.17) is 11.5 Å². The maximum atomic E-state index is 13.5. The highest BCUT2D eigenvalue weighted by atomic mass is 35.5. The number of benzene rings is 1. The molecule has 1 aromatic carbocycles. The van der Waals surface area contributed by atoms with E-state index < -0.39 is 23.7 Å². The molecule has 0 aromatic heterocycles. The van der Waals surface area contributed by atoms with Crippen molar-refractivity contribution < 1.29 is 14.0 Å². The van der Waals surface area contributed by atoms with E-state index in [0.717, 1.165) is 6.07 Å². The first kappa shape index (κ1) is 17.3. The van der Waals surface area contributed by atoms with Gasteiger partial charge in [-0.15, -0.1) is 12.4 Å². The third kappa shape index (κ3) is 4.50. The van der Waals surface area contributed by atoms with Crippen LogP contribution >= 0.6 is 12.4 Å². The Morgan fingerprint density at radius 3 is 2.37 bits per heavy atom. The van der Waals surface area contributed by atoms with Gasteiger partial charge < -0.3 is 16.8 Å². The van der Waals surface area contributed by atoms with Crippen LogP contribution in [0.5, 0.6) is 0 Å². The second-order valence-corrected chi connectivity index (χ2v) is 4.32. The molecular formula is C12H17ClFN3O2. The highest BCUT2D eigenvalue weighted by Gasteiger charge is 2.19. The minimum absolute atomic E-state index is 0. The number of primary amides is 1. The van der Waals surface area contributed by atoms with Crippen molar-refractivity contribution in [3.63, 3.8) is 0 Å². The number of nitrogens with two attached hydrogens (primary N) is 2. The van der Waals surface area contributed by atoms with Gasteiger partial charge in [0.1, 0.15) is 5.82 Å². The summed E-state index contributed by atoms with van der Waals surface area (Å²) in [5.74, 6) is -1.93. The van der Waals surface area contributed by atoms with Gasteiger partial charge in [-0.1, -0.05) is 13.8 Å². The molecule has 1 unspecified atom stereocenters. The minimum Gasteiger partial charge on any atom is -0.366 e. The van der Waals surface area contributed by atoms with E-state index in [1.54, 1.807) is 13.8 Å². The summed E-state index contributed by atoms with van der Waals surface area (Å²) in [5.41, 5.74) is 10.7. The molecule has 0 radical (unpaired) electrons. The van der Waals surface area contributed by atoms with Gasteiger partial charge in [0.25, 0.3) is 0 Å². The van der Waals surface area contributed by atoms with Crippen LogP contribution in [0.2, 0.25) is 0 Å². The maximum absolute atomic E-state index is 13.5. The number of nitrogens with one attached hydrogen (secondary N) is 1. The number of rotatable bonds is 4. The quantitative estimate of drug-likeness (QED) is 0.778. The van der Waals surface area contributed by atoms with Crippen LogP contribution in [0.15, 0.2) is 18.2 Å². The predicted octanol–water partition coefficient (Wildman–Crippen LogP) is 1.27. The average Bonchev–Trinajstić information content (AvgIpc) is 2.30. The van der Waals surface area contributed by atoms with E-state index in [1.807, 2.05) is 0 Å². The lowest BCUT2D eigenvalue weighted by Crippen LogP contribution is -2.40. The summed E-state index contributed by atoms with van der Waals surface area (Å²) in [6.07, 6.45) is 0. The largest absolute Gasteiger partial charge is 0.366 e. The van der Waals surface area contributed by atoms with Crippen LogP contribution in [0, 0.1) is 11.7 Å². The van der Waals surface area contributed by atoms with Gasteiger partial charge in [-0.3, -0.25) is 9.59 Å². The van der Waals surface area contributed by atoms with E-state index in [1.165, 1.54) is 12.1 Å². The summed E-state index contributed by atoms with van der Waals surface area (Å²) in [5, 5.41) is 2.34. The maximum Gasteiger partial charge on any atom is 0.248 e. The van der Waals surface area contributed by atoms with Crippen LogP contribution in [0.25, 0.3) is 0 Å². The molecule has 0 aliphatic rings. The van der Waals surface area contributed by atoms with Crippen molar-refractivity contribution in [2.45, 2.75) is 19.9 Å². The summed E-state index contributed by atoms with van der Waals surface area (Å²) in [6, 6.07) is 2.75. The fraction of sp³-hybridized carbons (Fsp3) is 0.333. The summed E-state index contributed by atoms with van der Waals surface area (Å²) in [7, 11) is 0. The summed E-state index contributed by atoms with van der Waals surface area (Å²) < 4.78 is 13.5. The zero-order valence-electron chi connectivity index (χ0n) is 10.6. The summed E-state index contributed by atoms with van der Waals surface area (Å²) >= 11 is 0. The molecule has 7 heteroatoms. The molecule has 0 bridgehead atoms. The van der Waals surface area contributed by atoms with Gasteiger partial charge in [-0.25, -0.2) is 4.39 Å². The van der Waals surface area contributed by atoms with Crippen molar-refractivity contribution in [1.29, 1.82) is 0 Å². The Hall–Kier alpha value is -1.66. The molecule has 1 rings (SSSR count). The molecule has 1 atom stereocenters. The third-order valence-corrected chi connectivity index (χ3v) is 2.53. The van der Waals surface area contributed by atoms with Crippen molar-refractivity contribution in [1.82, 2.24) is 0 Å². The van der Waals surface area contributed by atoms with Crippen LogP contribution in [-0.2, 0) is 4.79 Å². The molecule has 0 spiro atoms. The minimum atomic E-state index is -0.748. The number of hydrogen-bond acceptors (Lipinski definition) is 3. The molecule has 5 nitrogen and oxygen atoms in total. The molecule has 1 aromatic rings. The number of hydrogen-bond donors (Lipinski definition) is 3. The van der Waals surface area contributed by atoms with E-state index in [0.29, 0.717) is 0 Å². The summed E-state index contributed by atoms with van der Waals surface area (Å²) in [6.45, 7) is 3.56. The van der Waals surface area contributed by atoms with Gasteiger partial charge in [0.15, 0.2) is 0 Å². The molecule has 0 fully saturated rings. The number of halogens is 2. The van der Waals surface area contributed by atoms with Crippen LogP contribution in [-0.4, -0.2) is 17.9 Å². The lowest BCUT2D eigenvalue weighted by Gasteiger charge is -2.15. The number of carbonyl (C=O) groups is 2. The van der Waals surface area contributed by atoms with Gasteiger partial charge in [0, 0.05) is 5.56 Å². The number of amides is 2.